The maximum atomic E-state index is 11.1. The van der Waals surface area contributed by atoms with E-state index >= 15 is 0 Å². The van der Waals surface area contributed by atoms with Crippen LogP contribution in [0, 0.1) is 0 Å². The van der Waals surface area contributed by atoms with Gasteiger partial charge in [-0.15, -0.1) is 0 Å². The van der Waals surface area contributed by atoms with Crippen molar-refractivity contribution >= 4 is 23.1 Å². The Morgan fingerprint density at radius 1 is 1.03 bits per heavy atom. The summed E-state index contributed by atoms with van der Waals surface area (Å²) in [7, 11) is 4.10. The number of ether oxygens (including phenoxy) is 1. The van der Waals surface area contributed by atoms with Crippen LogP contribution in [0.25, 0.3) is 17.2 Å². The summed E-state index contributed by atoms with van der Waals surface area (Å²) >= 11 is 0. The van der Waals surface area contributed by atoms with Gasteiger partial charge in [0, 0.05) is 80.7 Å². The van der Waals surface area contributed by atoms with Crippen LogP contribution in [0.4, 0.5) is 17.1 Å². The Morgan fingerprint density at radius 2 is 1.83 bits per heavy atom. The molecule has 0 amide bonds. The molecule has 6 heteroatoms. The number of hydrogen-bond acceptors (Lipinski definition) is 5. The van der Waals surface area contributed by atoms with Crippen LogP contribution in [0.5, 0.6) is 5.75 Å². The molecule has 35 heavy (non-hydrogen) atoms. The van der Waals surface area contributed by atoms with Crippen molar-refractivity contribution in [2.24, 2.45) is 7.05 Å². The molecule has 6 rings (SSSR count). The average molecular weight is 471 g/mol. The van der Waals surface area contributed by atoms with Gasteiger partial charge in [-0.1, -0.05) is 11.6 Å². The molecule has 1 fully saturated rings. The molecule has 0 unspecified atom stereocenters. The summed E-state index contributed by atoms with van der Waals surface area (Å²) in [6, 6.07) is 8.95. The van der Waals surface area contributed by atoms with Gasteiger partial charge in [0.1, 0.15) is 5.75 Å². The number of aryl methyl sites for hydroxylation is 2. The van der Waals surface area contributed by atoms with Crippen LogP contribution < -0.4 is 9.80 Å². The van der Waals surface area contributed by atoms with Gasteiger partial charge >= 0.3 is 0 Å². The maximum Gasteiger partial charge on any atom is 0.125 e. The molecule has 4 heterocycles. The van der Waals surface area contributed by atoms with E-state index in [4.69, 9.17) is 4.74 Å². The van der Waals surface area contributed by atoms with Crippen LogP contribution >= 0.6 is 0 Å². The molecule has 6 nitrogen and oxygen atoms in total. The molecule has 0 aliphatic carbocycles. The van der Waals surface area contributed by atoms with Gasteiger partial charge in [-0.3, -0.25) is 4.68 Å². The molecule has 0 atom stereocenters. The lowest BCUT2D eigenvalue weighted by Gasteiger charge is -2.37. The predicted octanol–water partition coefficient (Wildman–Crippen LogP) is 5.62. The highest BCUT2D eigenvalue weighted by Gasteiger charge is 2.28. The zero-order valence-electron chi connectivity index (χ0n) is 20.9. The average Bonchev–Trinajstić information content (AvgIpc) is 3.29. The van der Waals surface area contributed by atoms with Crippen LogP contribution in [-0.4, -0.2) is 48.2 Å². The van der Waals surface area contributed by atoms with E-state index in [-0.39, 0.29) is 0 Å². The van der Waals surface area contributed by atoms with E-state index in [9.17, 15) is 5.11 Å². The zero-order valence-corrected chi connectivity index (χ0v) is 20.9. The van der Waals surface area contributed by atoms with Gasteiger partial charge in [-0.2, -0.15) is 5.10 Å². The summed E-state index contributed by atoms with van der Waals surface area (Å²) in [4.78, 5) is 4.82. The molecular weight excluding hydrogens is 436 g/mol. The Bertz CT molecular complexity index is 1300. The van der Waals surface area contributed by atoms with Crippen LogP contribution in [0.3, 0.4) is 0 Å². The fraction of sp³-hybridized carbons (Fsp3) is 0.414. The number of benzene rings is 2. The SMILES string of the molecule is CC1=Cc2c(cc(C3CCOCC3)cc2N2CCCc3cc(-c4cnn(C)c4)c(O)cc32)N(C)C1. The Hall–Kier alpha value is -3.25. The van der Waals surface area contributed by atoms with E-state index in [1.807, 2.05) is 25.5 Å². The first-order chi connectivity index (χ1) is 17.0. The number of fused-ring (bicyclic) bond motifs is 2. The second-order valence-electron chi connectivity index (χ2n) is 10.4. The number of aromatic hydroxyl groups is 1. The monoisotopic (exact) mass is 470 g/mol. The van der Waals surface area contributed by atoms with E-state index < -0.39 is 0 Å². The van der Waals surface area contributed by atoms with Gasteiger partial charge in [-0.25, -0.2) is 0 Å². The topological polar surface area (TPSA) is 53.8 Å². The highest BCUT2D eigenvalue weighted by Crippen LogP contribution is 2.46. The lowest BCUT2D eigenvalue weighted by molar-refractivity contribution is 0.0853. The summed E-state index contributed by atoms with van der Waals surface area (Å²) in [5.74, 6) is 0.834. The predicted molar refractivity (Wildman–Crippen MR) is 142 cm³/mol. The Labute approximate surface area is 207 Å². The van der Waals surface area contributed by atoms with Crippen LogP contribution in [0.2, 0.25) is 0 Å². The molecule has 3 aromatic rings. The standard InChI is InChI=1S/C29H34N4O2/c1-19-11-25-27(31(2)17-19)13-22(20-6-9-35-10-7-20)14-28(25)33-8-4-5-21-12-24(29(34)15-26(21)33)23-16-30-32(3)18-23/h11-16,18,20,34H,4-10,17H2,1-3H3. The second-order valence-corrected chi connectivity index (χ2v) is 10.4. The van der Waals surface area contributed by atoms with Crippen molar-refractivity contribution in [2.75, 3.05) is 43.2 Å². The number of phenolic OH excluding ortho intramolecular Hbond substituents is 1. The van der Waals surface area contributed by atoms with E-state index in [0.717, 1.165) is 68.8 Å². The van der Waals surface area contributed by atoms with Gasteiger partial charge in [0.15, 0.2) is 0 Å². The number of anilines is 3. The van der Waals surface area contributed by atoms with Crippen molar-refractivity contribution in [3.8, 4) is 16.9 Å². The summed E-state index contributed by atoms with van der Waals surface area (Å²) in [6.07, 6.45) is 10.4. The van der Waals surface area contributed by atoms with Crippen LogP contribution in [-0.2, 0) is 18.2 Å². The van der Waals surface area contributed by atoms with Gasteiger partial charge in [0.2, 0.25) is 0 Å². The Kier molecular flexibility index (Phi) is 5.56. The zero-order chi connectivity index (χ0) is 24.1. The molecule has 0 radical (unpaired) electrons. The first-order valence-electron chi connectivity index (χ1n) is 12.7. The lowest BCUT2D eigenvalue weighted by atomic mass is 9.87. The van der Waals surface area contributed by atoms with Crippen molar-refractivity contribution in [3.63, 3.8) is 0 Å². The number of likely N-dealkylation sites (N-methyl/N-ethyl adjacent to an activating group) is 1. The molecule has 2 aromatic carbocycles. The normalized spacial score (nSPS) is 18.3. The van der Waals surface area contributed by atoms with E-state index in [0.29, 0.717) is 11.7 Å². The summed E-state index contributed by atoms with van der Waals surface area (Å²) in [6.45, 7) is 5.78. The second kappa shape index (κ2) is 8.76. The summed E-state index contributed by atoms with van der Waals surface area (Å²) in [5.41, 5.74) is 10.8. The number of hydrogen-bond donors (Lipinski definition) is 1. The third kappa shape index (κ3) is 4.00. The van der Waals surface area contributed by atoms with Crippen molar-refractivity contribution < 1.29 is 9.84 Å². The van der Waals surface area contributed by atoms with Crippen molar-refractivity contribution in [2.45, 2.75) is 38.5 Å². The van der Waals surface area contributed by atoms with Crippen molar-refractivity contribution in [3.05, 3.63) is 58.9 Å². The number of phenols is 1. The number of rotatable bonds is 3. The smallest absolute Gasteiger partial charge is 0.125 e. The molecule has 3 aliphatic rings. The molecule has 1 N–H and O–H groups in total. The minimum Gasteiger partial charge on any atom is -0.507 e. The minimum atomic E-state index is 0.307. The first-order valence-corrected chi connectivity index (χ1v) is 12.7. The summed E-state index contributed by atoms with van der Waals surface area (Å²) in [5, 5.41) is 15.4. The number of aromatic nitrogens is 2. The van der Waals surface area contributed by atoms with E-state index in [1.54, 1.807) is 4.68 Å². The van der Waals surface area contributed by atoms with E-state index in [1.165, 1.54) is 33.6 Å². The minimum absolute atomic E-state index is 0.307. The van der Waals surface area contributed by atoms with Gasteiger partial charge in [0.05, 0.1) is 11.9 Å². The molecule has 3 aliphatic heterocycles. The first kappa shape index (κ1) is 22.2. The Balaban J connectivity index is 1.49. The van der Waals surface area contributed by atoms with E-state index in [2.05, 4.69) is 53.1 Å². The van der Waals surface area contributed by atoms with Gasteiger partial charge in [-0.05, 0) is 67.9 Å². The fourth-order valence-electron chi connectivity index (χ4n) is 6.01. The van der Waals surface area contributed by atoms with Gasteiger partial charge in [0.25, 0.3) is 0 Å². The molecular formula is C29H34N4O2. The van der Waals surface area contributed by atoms with Crippen molar-refractivity contribution in [1.29, 1.82) is 0 Å². The summed E-state index contributed by atoms with van der Waals surface area (Å²) < 4.78 is 7.44. The van der Waals surface area contributed by atoms with Crippen LogP contribution in [0.15, 0.2) is 42.2 Å². The molecule has 0 bridgehead atoms. The molecule has 182 valence electrons. The highest BCUT2D eigenvalue weighted by atomic mass is 16.5. The molecule has 0 spiro atoms. The Morgan fingerprint density at radius 3 is 2.60 bits per heavy atom. The van der Waals surface area contributed by atoms with Crippen molar-refractivity contribution in [1.82, 2.24) is 9.78 Å². The number of nitrogens with zero attached hydrogens (tertiary/aromatic N) is 4. The molecule has 0 saturated carbocycles. The van der Waals surface area contributed by atoms with Gasteiger partial charge < -0.3 is 19.6 Å². The largest absolute Gasteiger partial charge is 0.507 e. The highest BCUT2D eigenvalue weighted by molar-refractivity contribution is 5.88. The third-order valence-corrected chi connectivity index (χ3v) is 7.76. The lowest BCUT2D eigenvalue weighted by Crippen LogP contribution is -2.29. The quantitative estimate of drug-likeness (QED) is 0.538. The molecule has 1 saturated heterocycles. The third-order valence-electron chi connectivity index (χ3n) is 7.76. The maximum absolute atomic E-state index is 11.1. The van der Waals surface area contributed by atoms with Crippen LogP contribution in [0.1, 0.15) is 48.8 Å². The molecule has 1 aromatic heterocycles. The fourth-order valence-corrected chi connectivity index (χ4v) is 6.01.